The summed E-state index contributed by atoms with van der Waals surface area (Å²) in [6.45, 7) is 8.38. The van der Waals surface area contributed by atoms with Gasteiger partial charge in [-0.1, -0.05) is 12.1 Å². The fourth-order valence-electron chi connectivity index (χ4n) is 2.61. The summed E-state index contributed by atoms with van der Waals surface area (Å²) in [5.41, 5.74) is 6.95. The van der Waals surface area contributed by atoms with Gasteiger partial charge in [0.25, 0.3) is 0 Å². The summed E-state index contributed by atoms with van der Waals surface area (Å²) in [6, 6.07) is 8.55. The van der Waals surface area contributed by atoms with Crippen molar-refractivity contribution >= 4 is 11.4 Å². The molecule has 1 aliphatic heterocycles. The van der Waals surface area contributed by atoms with E-state index in [4.69, 9.17) is 4.74 Å². The predicted molar refractivity (Wildman–Crippen MR) is 75.2 cm³/mol. The zero-order chi connectivity index (χ0) is 12.9. The Morgan fingerprint density at radius 1 is 0.722 bits per heavy atom. The fraction of sp³-hybridized carbons (Fsp3) is 0.250. The Morgan fingerprint density at radius 3 is 1.61 bits per heavy atom. The molecule has 0 bridgehead atoms. The van der Waals surface area contributed by atoms with Crippen LogP contribution in [0, 0.1) is 27.7 Å². The van der Waals surface area contributed by atoms with E-state index in [2.05, 4.69) is 57.3 Å². The van der Waals surface area contributed by atoms with Gasteiger partial charge in [-0.3, -0.25) is 0 Å². The number of anilines is 2. The second-order valence-corrected chi connectivity index (χ2v) is 5.14. The largest absolute Gasteiger partial charge is 0.452 e. The standard InChI is InChI=1S/C16H17NO/c1-9-5-11(3)15-13(7-9)17-14-8-10(2)6-12(4)16(14)18-15/h5-8,17H,1-4H3. The highest BCUT2D eigenvalue weighted by molar-refractivity contribution is 5.78. The van der Waals surface area contributed by atoms with Gasteiger partial charge in [0.1, 0.15) is 0 Å². The lowest BCUT2D eigenvalue weighted by Crippen LogP contribution is -2.06. The lowest BCUT2D eigenvalue weighted by Gasteiger charge is -2.25. The average Bonchev–Trinajstić information content (AvgIpc) is 2.26. The van der Waals surface area contributed by atoms with Gasteiger partial charge < -0.3 is 10.1 Å². The zero-order valence-corrected chi connectivity index (χ0v) is 11.2. The maximum atomic E-state index is 6.09. The van der Waals surface area contributed by atoms with Crippen LogP contribution >= 0.6 is 0 Å². The van der Waals surface area contributed by atoms with Crippen LogP contribution in [0.2, 0.25) is 0 Å². The molecule has 0 saturated heterocycles. The maximum absolute atomic E-state index is 6.09. The molecule has 2 aromatic carbocycles. The molecule has 0 aromatic heterocycles. The lowest BCUT2D eigenvalue weighted by molar-refractivity contribution is 0.473. The Morgan fingerprint density at radius 2 is 1.17 bits per heavy atom. The van der Waals surface area contributed by atoms with Crippen molar-refractivity contribution in [1.29, 1.82) is 0 Å². The molecule has 0 fully saturated rings. The molecule has 0 radical (unpaired) electrons. The average molecular weight is 239 g/mol. The van der Waals surface area contributed by atoms with Crippen molar-refractivity contribution in [3.63, 3.8) is 0 Å². The van der Waals surface area contributed by atoms with E-state index in [0.717, 1.165) is 22.9 Å². The van der Waals surface area contributed by atoms with Gasteiger partial charge in [0, 0.05) is 0 Å². The van der Waals surface area contributed by atoms with E-state index in [-0.39, 0.29) is 0 Å². The predicted octanol–water partition coefficient (Wildman–Crippen LogP) is 4.77. The summed E-state index contributed by atoms with van der Waals surface area (Å²) in [7, 11) is 0. The monoisotopic (exact) mass is 239 g/mol. The molecule has 0 amide bonds. The van der Waals surface area contributed by atoms with Gasteiger partial charge in [-0.2, -0.15) is 0 Å². The highest BCUT2D eigenvalue weighted by Gasteiger charge is 2.20. The molecule has 0 spiro atoms. The molecule has 0 atom stereocenters. The highest BCUT2D eigenvalue weighted by Crippen LogP contribution is 2.45. The van der Waals surface area contributed by atoms with Gasteiger partial charge in [-0.05, 0) is 62.1 Å². The summed E-state index contributed by atoms with van der Waals surface area (Å²) in [6.07, 6.45) is 0. The van der Waals surface area contributed by atoms with Crippen molar-refractivity contribution in [2.24, 2.45) is 0 Å². The maximum Gasteiger partial charge on any atom is 0.153 e. The van der Waals surface area contributed by atoms with Crippen molar-refractivity contribution in [2.75, 3.05) is 5.32 Å². The molecule has 2 nitrogen and oxygen atoms in total. The summed E-state index contributed by atoms with van der Waals surface area (Å²) in [4.78, 5) is 0. The normalized spacial score (nSPS) is 12.2. The Balaban J connectivity index is 2.18. The molecule has 2 heteroatoms. The van der Waals surface area contributed by atoms with E-state index in [0.29, 0.717) is 0 Å². The second-order valence-electron chi connectivity index (χ2n) is 5.14. The van der Waals surface area contributed by atoms with Crippen LogP contribution in [0.5, 0.6) is 11.5 Å². The number of hydrogen-bond donors (Lipinski definition) is 1. The van der Waals surface area contributed by atoms with E-state index in [9.17, 15) is 0 Å². The molecule has 1 aliphatic rings. The quantitative estimate of drug-likeness (QED) is 0.610. The van der Waals surface area contributed by atoms with Crippen LogP contribution in [0.1, 0.15) is 22.3 Å². The number of ether oxygens (including phenoxy) is 1. The second kappa shape index (κ2) is 3.77. The minimum Gasteiger partial charge on any atom is -0.452 e. The Labute approximate surface area is 108 Å². The van der Waals surface area contributed by atoms with Gasteiger partial charge >= 0.3 is 0 Å². The molecule has 0 saturated carbocycles. The minimum absolute atomic E-state index is 0.944. The third-order valence-corrected chi connectivity index (χ3v) is 3.31. The minimum atomic E-state index is 0.944. The van der Waals surface area contributed by atoms with Gasteiger partial charge in [0.15, 0.2) is 11.5 Å². The van der Waals surface area contributed by atoms with Crippen LogP contribution in [0.4, 0.5) is 11.4 Å². The van der Waals surface area contributed by atoms with E-state index >= 15 is 0 Å². The first kappa shape index (κ1) is 11.1. The first-order valence-corrected chi connectivity index (χ1v) is 6.22. The third-order valence-electron chi connectivity index (χ3n) is 3.31. The molecule has 1 N–H and O–H groups in total. The smallest absolute Gasteiger partial charge is 0.153 e. The lowest BCUT2D eigenvalue weighted by atomic mass is 10.0. The third kappa shape index (κ3) is 1.65. The topological polar surface area (TPSA) is 21.3 Å². The molecular formula is C16H17NO. The summed E-state index contributed by atoms with van der Waals surface area (Å²) >= 11 is 0. The summed E-state index contributed by atoms with van der Waals surface area (Å²) in [5, 5.41) is 3.48. The van der Waals surface area contributed by atoms with Gasteiger partial charge in [0.05, 0.1) is 11.4 Å². The van der Waals surface area contributed by atoms with Gasteiger partial charge in [0.2, 0.25) is 0 Å². The number of fused-ring (bicyclic) bond motifs is 2. The first-order valence-electron chi connectivity index (χ1n) is 6.22. The van der Waals surface area contributed by atoms with Gasteiger partial charge in [-0.15, -0.1) is 0 Å². The Hall–Kier alpha value is -1.96. The van der Waals surface area contributed by atoms with E-state index in [1.807, 2.05) is 0 Å². The molecule has 3 rings (SSSR count). The van der Waals surface area contributed by atoms with Crippen molar-refractivity contribution in [2.45, 2.75) is 27.7 Å². The first-order chi connectivity index (χ1) is 8.54. The van der Waals surface area contributed by atoms with Gasteiger partial charge in [-0.25, -0.2) is 0 Å². The van der Waals surface area contributed by atoms with Crippen molar-refractivity contribution < 1.29 is 4.74 Å². The molecule has 18 heavy (non-hydrogen) atoms. The number of rotatable bonds is 0. The molecule has 1 heterocycles. The van der Waals surface area contributed by atoms with Crippen LogP contribution < -0.4 is 10.1 Å². The number of benzene rings is 2. The fourth-order valence-corrected chi connectivity index (χ4v) is 2.61. The molecule has 0 aliphatic carbocycles. The molecular weight excluding hydrogens is 222 g/mol. The van der Waals surface area contributed by atoms with Crippen molar-refractivity contribution in [3.05, 3.63) is 46.5 Å². The SMILES string of the molecule is Cc1cc(C)c2c(c1)Nc1cc(C)cc(C)c1O2. The van der Waals surface area contributed by atoms with E-state index in [1.54, 1.807) is 0 Å². The Kier molecular flexibility index (Phi) is 2.34. The van der Waals surface area contributed by atoms with Crippen LogP contribution in [0.15, 0.2) is 24.3 Å². The van der Waals surface area contributed by atoms with Crippen LogP contribution in [0.3, 0.4) is 0 Å². The van der Waals surface area contributed by atoms with Crippen molar-refractivity contribution in [1.82, 2.24) is 0 Å². The van der Waals surface area contributed by atoms with Crippen LogP contribution in [-0.2, 0) is 0 Å². The van der Waals surface area contributed by atoms with Crippen LogP contribution in [-0.4, -0.2) is 0 Å². The highest BCUT2D eigenvalue weighted by atomic mass is 16.5. The summed E-state index contributed by atoms with van der Waals surface area (Å²) < 4.78 is 6.09. The Bertz CT molecular complexity index is 589. The molecule has 92 valence electrons. The zero-order valence-electron chi connectivity index (χ0n) is 11.2. The number of aryl methyl sites for hydroxylation is 4. The van der Waals surface area contributed by atoms with E-state index in [1.165, 1.54) is 22.3 Å². The van der Waals surface area contributed by atoms with Crippen molar-refractivity contribution in [3.8, 4) is 11.5 Å². The number of hydrogen-bond acceptors (Lipinski definition) is 2. The van der Waals surface area contributed by atoms with Crippen LogP contribution in [0.25, 0.3) is 0 Å². The molecule has 0 unspecified atom stereocenters. The summed E-state index contributed by atoms with van der Waals surface area (Å²) in [5.74, 6) is 1.89. The number of nitrogens with one attached hydrogen (secondary N) is 1. The molecule has 2 aromatic rings. The van der Waals surface area contributed by atoms with E-state index < -0.39 is 0 Å².